The Morgan fingerprint density at radius 1 is 0.419 bits per heavy atom. The second kappa shape index (κ2) is 56.3. The average Bonchev–Trinajstić information content (AvgIpc) is 1.71. The monoisotopic (exact) mass is 1960 g/mol. The van der Waals surface area contributed by atoms with Crippen molar-refractivity contribution in [2.45, 2.75) is 217 Å². The highest BCUT2D eigenvalue weighted by atomic mass is 127. The first-order valence-electron chi connectivity index (χ1n) is 43.3. The molecular formula is C111H153BrIN3O12P+. The maximum atomic E-state index is 12.1. The molecule has 5 atom stereocenters. The number of hydrogen-bond donors (Lipinski definition) is 1. The van der Waals surface area contributed by atoms with E-state index in [2.05, 4.69) is 296 Å². The van der Waals surface area contributed by atoms with Crippen LogP contribution in [-0.2, 0) is 57.7 Å². The minimum atomic E-state index is -0.326. The van der Waals surface area contributed by atoms with E-state index in [-0.39, 0.29) is 57.4 Å². The van der Waals surface area contributed by atoms with Gasteiger partial charge in [0, 0.05) is 24.2 Å². The number of aryl methyl sites for hydroxylation is 5. The van der Waals surface area contributed by atoms with Crippen LogP contribution in [0, 0.1) is 34.6 Å². The molecule has 0 aliphatic carbocycles. The van der Waals surface area contributed by atoms with Crippen molar-refractivity contribution in [3.05, 3.63) is 318 Å². The van der Waals surface area contributed by atoms with E-state index >= 15 is 0 Å². The van der Waals surface area contributed by atoms with Gasteiger partial charge in [-0.1, -0.05) is 271 Å². The van der Waals surface area contributed by atoms with E-state index in [9.17, 15) is 9.90 Å². The van der Waals surface area contributed by atoms with Gasteiger partial charge in [0.25, 0.3) is 0 Å². The maximum Gasteiger partial charge on any atom is 0.370 e. The minimum Gasteiger partial charge on any atom is -0.496 e. The fourth-order valence-electron chi connectivity index (χ4n) is 15.1. The lowest BCUT2D eigenvalue weighted by atomic mass is 9.88. The van der Waals surface area contributed by atoms with Crippen molar-refractivity contribution in [2.24, 2.45) is 9.98 Å². The van der Waals surface area contributed by atoms with Gasteiger partial charge in [-0.2, -0.15) is 4.58 Å². The van der Waals surface area contributed by atoms with Gasteiger partial charge in [-0.25, -0.2) is 14.8 Å². The summed E-state index contributed by atoms with van der Waals surface area (Å²) in [7, 11) is 14.6. The third kappa shape index (κ3) is 34.3. The zero-order chi connectivity index (χ0) is 93.0. The number of benzene rings is 10. The molecule has 15 nitrogen and oxygen atoms in total. The molecule has 5 unspecified atom stereocenters. The Bertz CT molecular complexity index is 5120. The average molecular weight is 1960 g/mol. The molecule has 3 heterocycles. The van der Waals surface area contributed by atoms with E-state index in [0.29, 0.717) is 59.6 Å². The number of rotatable bonds is 25. The summed E-state index contributed by atoms with van der Waals surface area (Å²) >= 11 is 5.66. The van der Waals surface area contributed by atoms with Gasteiger partial charge in [0.1, 0.15) is 54.8 Å². The summed E-state index contributed by atoms with van der Waals surface area (Å²) in [5.41, 5.74) is 21.1. The molecule has 0 fully saturated rings. The number of alkyl halides is 2. The number of carbonyl (C=O) groups excluding carboxylic acids is 1. The third-order valence-electron chi connectivity index (χ3n) is 22.1. The molecule has 0 saturated heterocycles. The summed E-state index contributed by atoms with van der Waals surface area (Å²) < 4.78 is 57.4. The smallest absolute Gasteiger partial charge is 0.370 e. The first kappa shape index (κ1) is 114. The fraction of sp³-hybridized carbons (Fsp3) is 0.423. The van der Waals surface area contributed by atoms with Crippen LogP contribution in [0.4, 0.5) is 0 Å². The quantitative estimate of drug-likeness (QED) is 0.0190. The first-order valence-corrected chi connectivity index (χ1v) is 48.3. The Morgan fingerprint density at radius 2 is 0.713 bits per heavy atom. The molecule has 18 heteroatoms. The number of halogens is 2. The van der Waals surface area contributed by atoms with Crippen LogP contribution in [0.5, 0.6) is 34.5 Å². The molecule has 0 saturated carbocycles. The minimum absolute atomic E-state index is 0. The highest BCUT2D eigenvalue weighted by molar-refractivity contribution is 14.1. The number of esters is 1. The Morgan fingerprint density at radius 3 is 1.04 bits per heavy atom. The Kier molecular flexibility index (Phi) is 49.6. The van der Waals surface area contributed by atoms with Crippen LogP contribution in [-0.4, -0.2) is 150 Å². The van der Waals surface area contributed by atoms with E-state index in [1.807, 2.05) is 94.1 Å². The van der Waals surface area contributed by atoms with Crippen molar-refractivity contribution in [3.63, 3.8) is 0 Å². The molecule has 129 heavy (non-hydrogen) atoms. The highest BCUT2D eigenvalue weighted by Crippen LogP contribution is 2.39. The largest absolute Gasteiger partial charge is 0.496 e. The fourth-order valence-corrected chi connectivity index (χ4v) is 15.5. The Balaban J connectivity index is 0.000000399. The van der Waals surface area contributed by atoms with Gasteiger partial charge < -0.3 is 52.5 Å². The van der Waals surface area contributed by atoms with Crippen LogP contribution in [0.3, 0.4) is 0 Å². The van der Waals surface area contributed by atoms with Crippen molar-refractivity contribution < 1.29 is 61.8 Å². The van der Waals surface area contributed by atoms with E-state index in [4.69, 9.17) is 52.4 Å². The van der Waals surface area contributed by atoms with Crippen molar-refractivity contribution in [2.75, 3.05) is 94.9 Å². The van der Waals surface area contributed by atoms with Crippen LogP contribution < -0.4 is 28.4 Å². The zero-order valence-electron chi connectivity index (χ0n) is 80.0. The molecule has 0 bridgehead atoms. The molecule has 0 amide bonds. The van der Waals surface area contributed by atoms with Gasteiger partial charge in [-0.15, -0.1) is 8.58 Å². The van der Waals surface area contributed by atoms with Crippen LogP contribution >= 0.6 is 47.1 Å². The highest BCUT2D eigenvalue weighted by Gasteiger charge is 2.42. The van der Waals surface area contributed by atoms with E-state index in [0.717, 1.165) is 137 Å². The number of methoxy groups -OCH3 is 7. The Hall–Kier alpha value is -9.52. The lowest BCUT2D eigenvalue weighted by Gasteiger charge is -2.19. The van der Waals surface area contributed by atoms with E-state index in [1.165, 1.54) is 51.6 Å². The number of nitrogens with zero attached hydrogens (tertiary/aromatic N) is 3. The lowest BCUT2D eigenvalue weighted by molar-refractivity contribution is -0.562. The molecule has 10 aromatic rings. The predicted octanol–water partition coefficient (Wildman–Crippen LogP) is 26.9. The molecule has 0 radical (unpaired) electrons. The number of aliphatic hydroxyl groups is 1. The van der Waals surface area contributed by atoms with Gasteiger partial charge in [-0.3, -0.25) is 0 Å². The topological polar surface area (TPSA) is 157 Å². The Labute approximate surface area is 801 Å². The van der Waals surface area contributed by atoms with Gasteiger partial charge in [0.2, 0.25) is 11.8 Å². The molecule has 3 aliphatic heterocycles. The number of aliphatic hydroxyl groups excluding tert-OH is 1. The number of hydrogen-bond acceptors (Lipinski definition) is 14. The van der Waals surface area contributed by atoms with Crippen LogP contribution in [0.15, 0.2) is 222 Å². The molecule has 13 rings (SSSR count). The van der Waals surface area contributed by atoms with Crippen LogP contribution in [0.25, 0.3) is 0 Å². The van der Waals surface area contributed by atoms with Gasteiger partial charge in [0.05, 0.1) is 84.1 Å². The summed E-state index contributed by atoms with van der Waals surface area (Å²) in [4.78, 5) is 24.0. The van der Waals surface area contributed by atoms with Crippen molar-refractivity contribution >= 4 is 70.8 Å². The summed E-state index contributed by atoms with van der Waals surface area (Å²) in [6.07, 6.45) is 4.94. The maximum absolute atomic E-state index is 12.1. The third-order valence-corrected chi connectivity index (χ3v) is 22.4. The molecule has 0 spiro atoms. The number of likely N-dealkylation sites (N-methyl/N-ethyl adjacent to an activating group) is 1. The predicted molar refractivity (Wildman–Crippen MR) is 559 cm³/mol. The van der Waals surface area contributed by atoms with Crippen molar-refractivity contribution in [3.8, 4) is 34.5 Å². The van der Waals surface area contributed by atoms with Crippen molar-refractivity contribution in [1.82, 2.24) is 0 Å². The number of carbonyl (C=O) groups is 1. The second-order valence-electron chi connectivity index (χ2n) is 34.3. The molecule has 3 aliphatic rings. The number of aliphatic imine (C=N–C) groups is 2. The number of ether oxygens (including phenoxy) is 10. The van der Waals surface area contributed by atoms with Crippen LogP contribution in [0.1, 0.15) is 233 Å². The van der Waals surface area contributed by atoms with Gasteiger partial charge in [-0.05, 0) is 256 Å². The summed E-state index contributed by atoms with van der Waals surface area (Å²) in [6, 6.07) is 72.9. The summed E-state index contributed by atoms with van der Waals surface area (Å²) in [5, 5.41) is 9.59. The van der Waals surface area contributed by atoms with Gasteiger partial charge in [0.15, 0.2) is 12.1 Å². The standard InChI is InChI=1S/C23H30NO2.C22H27NO2.C19H22O3.C18H22O2.C14H19NO3.C9H11Br.C2H7P.CH3I.3CH4/c1-16(12-18-10-8-7-9-11-18)19-13-17(2)21(25-6)14-20(19)22-24(5)23(3,4)15-26-22;1-15(11-17-9-7-6-8-10-17)18-12-16(2)20(24-5)13-19(18)21-23-22(3,4)14-25-21;1-13(10-15-8-6-5-7-9-15)16-11-14(2)18(21-3)12-17(16)19(20)22-4;1-13(9-15-7-5-4-6-8-15)17-10-14(2)18(20-3)11-16(17)12-19;1-9-6-12(17-5)10(7-11(9)16-4)13-15-14(2,3)8-18-13;1-8(10)7-9-5-3-2-4-6-9;1-3-2;1-2;;;/h7-11,13-14,16H,12,15H2,1-6H3;6-10,12-13,15H,11,14H2,1-5H3;5-9,11-13H,10H2,1-4H3;4-8,10-11,13,19H,9,12H2,1-3H3;6-7H,8H2,1-5H3;2-6,8H,7H2,1H3;3H,1-2H3;1H3;3*1H4/q+1;;;;;;;;;;. The van der Waals surface area contributed by atoms with Crippen LogP contribution in [0.2, 0.25) is 0 Å². The molecule has 702 valence electrons. The lowest BCUT2D eigenvalue weighted by Crippen LogP contribution is -2.33. The van der Waals surface area contributed by atoms with E-state index < -0.39 is 0 Å². The molecule has 0 aromatic heterocycles. The molecular weight excluding hydrogens is 1810 g/mol. The normalized spacial score (nSPS) is 14.2. The SMILES string of the molecule is C.C.C.CC(Br)Cc1ccccc1.CI.COC(=O)c1cc(OC)c(C)cc1C(C)Cc1ccccc1.COc1cc(C2=NC(C)(C)CO2)c(C(C)Cc2ccccc2)cc1C.COc1cc(C2=NC(C)(C)CO2)c(OC)cc1C.COc1cc(C2=[N+](C)C(C)(C)CO2)c(C(C)Cc2ccccc2)cc1C.COc1cc(CO)c(C(C)Cc2ccccc2)cc1C.CPC. The zero-order valence-corrected chi connectivity index (χ0v) is 84.7. The summed E-state index contributed by atoms with van der Waals surface area (Å²) in [5.74, 6) is 8.18. The molecule has 1 N–H and O–H groups in total. The summed E-state index contributed by atoms with van der Waals surface area (Å²) in [6.45, 7) is 40.2. The first-order chi connectivity index (χ1) is 60.1. The van der Waals surface area contributed by atoms with E-state index in [1.54, 1.807) is 48.7 Å². The van der Waals surface area contributed by atoms with Gasteiger partial charge >= 0.3 is 11.9 Å². The van der Waals surface area contributed by atoms with Crippen molar-refractivity contribution in [1.29, 1.82) is 0 Å². The second-order valence-corrected chi connectivity index (χ2v) is 36.8. The molecule has 10 aromatic carbocycles.